The predicted molar refractivity (Wildman–Crippen MR) is 87.4 cm³/mol. The van der Waals surface area contributed by atoms with E-state index in [4.69, 9.17) is 9.47 Å². The zero-order chi connectivity index (χ0) is 16.8. The summed E-state index contributed by atoms with van der Waals surface area (Å²) in [5.41, 5.74) is 2.02. The average molecular weight is 320 g/mol. The number of benzene rings is 1. The monoisotopic (exact) mass is 320 g/mol. The molecule has 1 atom stereocenters. The first-order valence-electron chi connectivity index (χ1n) is 7.76. The van der Waals surface area contributed by atoms with E-state index < -0.39 is 0 Å². The van der Waals surface area contributed by atoms with Crippen molar-refractivity contribution in [2.45, 2.75) is 19.9 Å². The zero-order valence-corrected chi connectivity index (χ0v) is 13.9. The standard InChI is InChI=1S/C17H24N2O4/c1-13-4-6-15(7-5-13)19-10-14(2)18(11-16(19)20)17(21)12-23-9-8-22-3/h4-7,14H,8-12H2,1-3H3/t14-/m0/s1. The van der Waals surface area contributed by atoms with E-state index in [0.717, 1.165) is 11.3 Å². The highest BCUT2D eigenvalue weighted by atomic mass is 16.5. The van der Waals surface area contributed by atoms with E-state index in [-0.39, 0.29) is 31.0 Å². The van der Waals surface area contributed by atoms with Gasteiger partial charge < -0.3 is 19.3 Å². The molecule has 23 heavy (non-hydrogen) atoms. The van der Waals surface area contributed by atoms with Gasteiger partial charge in [0.25, 0.3) is 0 Å². The second kappa shape index (κ2) is 8.08. The normalized spacial score (nSPS) is 18.4. The van der Waals surface area contributed by atoms with Crippen molar-refractivity contribution in [1.29, 1.82) is 0 Å². The molecule has 1 heterocycles. The number of rotatable bonds is 6. The van der Waals surface area contributed by atoms with Crippen LogP contribution in [0.4, 0.5) is 5.69 Å². The molecular formula is C17H24N2O4. The van der Waals surface area contributed by atoms with Crippen molar-refractivity contribution in [1.82, 2.24) is 4.90 Å². The molecule has 1 aliphatic rings. The Morgan fingerprint density at radius 2 is 1.96 bits per heavy atom. The van der Waals surface area contributed by atoms with Crippen LogP contribution in [0.1, 0.15) is 12.5 Å². The predicted octanol–water partition coefficient (Wildman–Crippen LogP) is 1.22. The Morgan fingerprint density at radius 1 is 1.26 bits per heavy atom. The number of methoxy groups -OCH3 is 1. The van der Waals surface area contributed by atoms with Crippen molar-refractivity contribution in [3.63, 3.8) is 0 Å². The Balaban J connectivity index is 1.95. The summed E-state index contributed by atoms with van der Waals surface area (Å²) in [5, 5.41) is 0. The van der Waals surface area contributed by atoms with Gasteiger partial charge in [-0.3, -0.25) is 9.59 Å². The summed E-state index contributed by atoms with van der Waals surface area (Å²) in [6.07, 6.45) is 0. The van der Waals surface area contributed by atoms with Crippen LogP contribution in [-0.4, -0.2) is 62.8 Å². The Morgan fingerprint density at radius 3 is 2.61 bits per heavy atom. The largest absolute Gasteiger partial charge is 0.382 e. The summed E-state index contributed by atoms with van der Waals surface area (Å²) in [7, 11) is 1.58. The van der Waals surface area contributed by atoms with E-state index in [9.17, 15) is 9.59 Å². The second-order valence-corrected chi connectivity index (χ2v) is 5.76. The number of amides is 2. The SMILES string of the molecule is COCCOCC(=O)N1CC(=O)N(c2ccc(C)cc2)C[C@@H]1C. The smallest absolute Gasteiger partial charge is 0.249 e. The van der Waals surface area contributed by atoms with Crippen LogP contribution < -0.4 is 4.90 Å². The molecular weight excluding hydrogens is 296 g/mol. The number of carbonyl (C=O) groups excluding carboxylic acids is 2. The minimum absolute atomic E-state index is 0.0223. The molecule has 0 aliphatic carbocycles. The van der Waals surface area contributed by atoms with E-state index in [2.05, 4.69) is 0 Å². The maximum absolute atomic E-state index is 12.4. The van der Waals surface area contributed by atoms with Crippen LogP contribution >= 0.6 is 0 Å². The number of ether oxygens (including phenoxy) is 2. The summed E-state index contributed by atoms with van der Waals surface area (Å²) in [6, 6.07) is 7.78. The molecule has 6 heteroatoms. The lowest BCUT2D eigenvalue weighted by atomic mass is 10.1. The van der Waals surface area contributed by atoms with Gasteiger partial charge in [-0.05, 0) is 26.0 Å². The number of hydrogen-bond donors (Lipinski definition) is 0. The third-order valence-electron chi connectivity index (χ3n) is 3.91. The van der Waals surface area contributed by atoms with Gasteiger partial charge in [0.05, 0.1) is 13.2 Å². The van der Waals surface area contributed by atoms with Crippen molar-refractivity contribution in [2.24, 2.45) is 0 Å². The zero-order valence-electron chi connectivity index (χ0n) is 13.9. The van der Waals surface area contributed by atoms with E-state index in [1.54, 1.807) is 16.9 Å². The lowest BCUT2D eigenvalue weighted by Gasteiger charge is -2.39. The van der Waals surface area contributed by atoms with Crippen molar-refractivity contribution in [3.05, 3.63) is 29.8 Å². The van der Waals surface area contributed by atoms with Gasteiger partial charge in [0.2, 0.25) is 11.8 Å². The van der Waals surface area contributed by atoms with Crippen LogP contribution in [0, 0.1) is 6.92 Å². The molecule has 126 valence electrons. The first-order chi connectivity index (χ1) is 11.0. The average Bonchev–Trinajstić information content (AvgIpc) is 2.54. The highest BCUT2D eigenvalue weighted by Crippen LogP contribution is 2.20. The van der Waals surface area contributed by atoms with Gasteiger partial charge in [0.15, 0.2) is 0 Å². The van der Waals surface area contributed by atoms with E-state index in [0.29, 0.717) is 19.8 Å². The highest BCUT2D eigenvalue weighted by Gasteiger charge is 2.33. The van der Waals surface area contributed by atoms with Crippen molar-refractivity contribution in [2.75, 3.05) is 44.9 Å². The molecule has 0 aromatic heterocycles. The molecule has 1 fully saturated rings. The maximum Gasteiger partial charge on any atom is 0.249 e. The summed E-state index contributed by atoms with van der Waals surface area (Å²) in [4.78, 5) is 27.9. The maximum atomic E-state index is 12.4. The van der Waals surface area contributed by atoms with E-state index >= 15 is 0 Å². The summed E-state index contributed by atoms with van der Waals surface area (Å²) in [5.74, 6) is -0.234. The molecule has 1 saturated heterocycles. The minimum atomic E-state index is -0.162. The van der Waals surface area contributed by atoms with Gasteiger partial charge in [-0.2, -0.15) is 0 Å². The lowest BCUT2D eigenvalue weighted by Crippen LogP contribution is -2.57. The molecule has 1 aromatic carbocycles. The van der Waals surface area contributed by atoms with Gasteiger partial charge in [-0.15, -0.1) is 0 Å². The second-order valence-electron chi connectivity index (χ2n) is 5.76. The summed E-state index contributed by atoms with van der Waals surface area (Å²) >= 11 is 0. The topological polar surface area (TPSA) is 59.1 Å². The summed E-state index contributed by atoms with van der Waals surface area (Å²) < 4.78 is 10.1. The first kappa shape index (κ1) is 17.4. The Hall–Kier alpha value is -1.92. The van der Waals surface area contributed by atoms with Crippen LogP contribution in [0.3, 0.4) is 0 Å². The van der Waals surface area contributed by atoms with E-state index in [1.807, 2.05) is 38.1 Å². The van der Waals surface area contributed by atoms with Crippen LogP contribution in [0.5, 0.6) is 0 Å². The van der Waals surface area contributed by atoms with E-state index in [1.165, 1.54) is 0 Å². The molecule has 0 spiro atoms. The van der Waals surface area contributed by atoms with Gasteiger partial charge in [-0.25, -0.2) is 0 Å². The molecule has 0 N–H and O–H groups in total. The highest BCUT2D eigenvalue weighted by molar-refractivity contribution is 5.98. The molecule has 6 nitrogen and oxygen atoms in total. The molecule has 0 saturated carbocycles. The molecule has 1 aliphatic heterocycles. The van der Waals surface area contributed by atoms with Gasteiger partial charge >= 0.3 is 0 Å². The number of aryl methyl sites for hydroxylation is 1. The van der Waals surface area contributed by atoms with Crippen LogP contribution in [-0.2, 0) is 19.1 Å². The van der Waals surface area contributed by atoms with Crippen molar-refractivity contribution < 1.29 is 19.1 Å². The fourth-order valence-corrected chi connectivity index (χ4v) is 2.54. The lowest BCUT2D eigenvalue weighted by molar-refractivity contribution is -0.143. The number of carbonyl (C=O) groups is 2. The molecule has 0 radical (unpaired) electrons. The van der Waals surface area contributed by atoms with Crippen molar-refractivity contribution >= 4 is 17.5 Å². The quantitative estimate of drug-likeness (QED) is 0.740. The third kappa shape index (κ3) is 4.53. The number of anilines is 1. The molecule has 2 amide bonds. The summed E-state index contributed by atoms with van der Waals surface area (Å²) in [6.45, 7) is 5.32. The van der Waals surface area contributed by atoms with Crippen LogP contribution in [0.25, 0.3) is 0 Å². The first-order valence-corrected chi connectivity index (χ1v) is 7.76. The van der Waals surface area contributed by atoms with Gasteiger partial charge in [-0.1, -0.05) is 17.7 Å². The van der Waals surface area contributed by atoms with Crippen LogP contribution in [0.15, 0.2) is 24.3 Å². The molecule has 0 unspecified atom stereocenters. The Kier molecular flexibility index (Phi) is 6.12. The number of piperazine rings is 1. The Bertz CT molecular complexity index is 544. The molecule has 0 bridgehead atoms. The molecule has 2 rings (SSSR count). The number of nitrogens with zero attached hydrogens (tertiary/aromatic N) is 2. The molecule has 1 aromatic rings. The third-order valence-corrected chi connectivity index (χ3v) is 3.91. The fourth-order valence-electron chi connectivity index (χ4n) is 2.54. The number of hydrogen-bond acceptors (Lipinski definition) is 4. The van der Waals surface area contributed by atoms with Gasteiger partial charge in [0.1, 0.15) is 13.2 Å². The van der Waals surface area contributed by atoms with Crippen molar-refractivity contribution in [3.8, 4) is 0 Å². The minimum Gasteiger partial charge on any atom is -0.382 e. The fraction of sp³-hybridized carbons (Fsp3) is 0.529. The van der Waals surface area contributed by atoms with Crippen LogP contribution in [0.2, 0.25) is 0 Å². The Labute approximate surface area is 137 Å². The van der Waals surface area contributed by atoms with Gasteiger partial charge in [0, 0.05) is 25.4 Å².